The molecule has 0 radical (unpaired) electrons. The van der Waals surface area contributed by atoms with Crippen molar-refractivity contribution in [1.29, 1.82) is 0 Å². The number of aliphatic hydroxyl groups is 1. The van der Waals surface area contributed by atoms with Crippen molar-refractivity contribution in [2.75, 3.05) is 32.8 Å². The van der Waals surface area contributed by atoms with Gasteiger partial charge in [-0.25, -0.2) is 0 Å². The summed E-state index contributed by atoms with van der Waals surface area (Å²) in [6, 6.07) is 13.8. The van der Waals surface area contributed by atoms with Crippen LogP contribution in [0.4, 0.5) is 0 Å². The first kappa shape index (κ1) is 23.4. The molecule has 1 aromatic carbocycles. The fraction of sp³-hybridized carbons (Fsp3) is 0.630. The molecule has 0 spiro atoms. The Hall–Kier alpha value is -1.34. The van der Waals surface area contributed by atoms with Gasteiger partial charge in [0.05, 0.1) is 39.1 Å². The smallest absolute Gasteiger partial charge is 0.171 e. The maximum Gasteiger partial charge on any atom is 0.171 e. The largest absolute Gasteiger partial charge is 0.493 e. The summed E-state index contributed by atoms with van der Waals surface area (Å²) < 4.78 is 19.3. The second-order valence-electron chi connectivity index (χ2n) is 10.3. The summed E-state index contributed by atoms with van der Waals surface area (Å²) in [5.41, 5.74) is -1.03. The lowest BCUT2D eigenvalue weighted by molar-refractivity contribution is -0.955. The number of benzene rings is 1. The molecule has 33 heavy (non-hydrogen) atoms. The van der Waals surface area contributed by atoms with Gasteiger partial charge >= 0.3 is 0 Å². The number of halogens is 1. The van der Waals surface area contributed by atoms with Gasteiger partial charge in [0.1, 0.15) is 23.2 Å². The molecular formula is C27H37BrNO4+. The van der Waals surface area contributed by atoms with Crippen molar-refractivity contribution in [3.05, 3.63) is 54.5 Å². The van der Waals surface area contributed by atoms with Crippen LogP contribution in [0.1, 0.15) is 50.7 Å². The second kappa shape index (κ2) is 10.1. The number of piperidine rings is 3. The molecule has 180 valence electrons. The molecule has 3 saturated heterocycles. The number of para-hydroxylation sites is 1. The Morgan fingerprint density at radius 3 is 2.48 bits per heavy atom. The van der Waals surface area contributed by atoms with E-state index in [-0.39, 0.29) is 17.0 Å². The average Bonchev–Trinajstić information content (AvgIpc) is 3.58. The van der Waals surface area contributed by atoms with Crippen molar-refractivity contribution in [1.82, 2.24) is 0 Å². The van der Waals surface area contributed by atoms with E-state index >= 15 is 0 Å². The number of rotatable bonds is 10. The molecule has 3 atom stereocenters. The van der Waals surface area contributed by atoms with Gasteiger partial charge in [-0.2, -0.15) is 0 Å². The Labute approximate surface area is 205 Å². The first-order valence-electron chi connectivity index (χ1n) is 12.7. The highest BCUT2D eigenvalue weighted by atomic mass is 79.9. The van der Waals surface area contributed by atoms with E-state index in [1.165, 1.54) is 38.8 Å². The van der Waals surface area contributed by atoms with Crippen molar-refractivity contribution in [3.63, 3.8) is 0 Å². The number of ether oxygens (including phenoxy) is 2. The number of hydrogen-bond acceptors (Lipinski definition) is 4. The molecule has 0 amide bonds. The first-order chi connectivity index (χ1) is 16.1. The van der Waals surface area contributed by atoms with Crippen molar-refractivity contribution < 1.29 is 23.5 Å². The van der Waals surface area contributed by atoms with Crippen LogP contribution in [0.3, 0.4) is 0 Å². The lowest BCUT2D eigenvalue weighted by atomic mass is 9.82. The zero-order valence-corrected chi connectivity index (χ0v) is 21.0. The van der Waals surface area contributed by atoms with Gasteiger partial charge < -0.3 is 23.5 Å². The summed E-state index contributed by atoms with van der Waals surface area (Å²) in [5.74, 6) is 2.36. The van der Waals surface area contributed by atoms with E-state index < -0.39 is 5.60 Å². The van der Waals surface area contributed by atoms with Crippen LogP contribution < -0.4 is 4.74 Å². The van der Waals surface area contributed by atoms with Crippen molar-refractivity contribution in [3.8, 4) is 5.75 Å². The summed E-state index contributed by atoms with van der Waals surface area (Å²) in [7, 11) is 0. The van der Waals surface area contributed by atoms with Gasteiger partial charge in [0.15, 0.2) is 4.95 Å². The third-order valence-electron chi connectivity index (χ3n) is 8.38. The van der Waals surface area contributed by atoms with Crippen LogP contribution in [0.2, 0.25) is 0 Å². The molecule has 6 heteroatoms. The summed E-state index contributed by atoms with van der Waals surface area (Å²) in [6.07, 6.45) is 9.59. The van der Waals surface area contributed by atoms with Gasteiger partial charge in [0, 0.05) is 25.2 Å². The van der Waals surface area contributed by atoms with Crippen LogP contribution >= 0.6 is 15.9 Å². The Bertz CT molecular complexity index is 862. The van der Waals surface area contributed by atoms with Gasteiger partial charge in [-0.3, -0.25) is 0 Å². The third-order valence-corrected chi connectivity index (χ3v) is 9.77. The van der Waals surface area contributed by atoms with Crippen LogP contribution in [0, 0.1) is 11.8 Å². The Morgan fingerprint density at radius 2 is 1.79 bits per heavy atom. The fourth-order valence-corrected chi connectivity index (χ4v) is 7.60. The molecule has 5 nitrogen and oxygen atoms in total. The molecule has 4 fully saturated rings. The van der Waals surface area contributed by atoms with Gasteiger partial charge in [-0.15, -0.1) is 0 Å². The molecular weight excluding hydrogens is 482 g/mol. The molecule has 6 rings (SSSR count). The lowest BCUT2D eigenvalue weighted by Crippen LogP contribution is -2.68. The van der Waals surface area contributed by atoms with E-state index in [4.69, 9.17) is 13.9 Å². The van der Waals surface area contributed by atoms with E-state index in [0.29, 0.717) is 18.3 Å². The summed E-state index contributed by atoms with van der Waals surface area (Å²) in [6.45, 7) is 4.51. The molecule has 4 aliphatic rings. The van der Waals surface area contributed by atoms with Crippen molar-refractivity contribution >= 4 is 15.9 Å². The highest BCUT2D eigenvalue weighted by molar-refractivity contribution is 9.09. The topological polar surface area (TPSA) is 51.8 Å². The van der Waals surface area contributed by atoms with Crippen molar-refractivity contribution in [2.24, 2.45) is 11.8 Å². The molecule has 1 unspecified atom stereocenters. The minimum Gasteiger partial charge on any atom is -0.493 e. The average molecular weight is 520 g/mol. The van der Waals surface area contributed by atoms with E-state index in [2.05, 4.69) is 15.9 Å². The summed E-state index contributed by atoms with van der Waals surface area (Å²) >= 11 is 4.07. The molecule has 1 N–H and O–H groups in total. The van der Waals surface area contributed by atoms with Gasteiger partial charge in [0.2, 0.25) is 0 Å². The van der Waals surface area contributed by atoms with Gasteiger partial charge in [-0.05, 0) is 59.0 Å². The monoisotopic (exact) mass is 518 g/mol. The minimum absolute atomic E-state index is 0.116. The second-order valence-corrected chi connectivity index (χ2v) is 11.2. The normalized spacial score (nSPS) is 31.5. The highest BCUT2D eigenvalue weighted by Crippen LogP contribution is 2.45. The predicted octanol–water partition coefficient (Wildman–Crippen LogP) is 5.47. The third kappa shape index (κ3) is 4.77. The van der Waals surface area contributed by atoms with Crippen LogP contribution in [0.15, 0.2) is 53.1 Å². The number of nitrogens with zero attached hydrogens (tertiary/aromatic N) is 1. The van der Waals surface area contributed by atoms with E-state index in [1.54, 1.807) is 6.26 Å². The fourth-order valence-electron chi connectivity index (χ4n) is 6.40. The predicted molar refractivity (Wildman–Crippen MR) is 131 cm³/mol. The quantitative estimate of drug-likeness (QED) is 0.196. The van der Waals surface area contributed by atoms with Crippen molar-refractivity contribution in [2.45, 2.75) is 61.6 Å². The van der Waals surface area contributed by atoms with Crippen LogP contribution in [0.5, 0.6) is 5.75 Å². The SMILES string of the molecule is OC(CO[C@@H]1C2CC[N+](CCCOc3ccccc3)(CC2)[C@@H]1Br)(c1ccco1)C1CCCC1. The first-order valence-corrected chi connectivity index (χ1v) is 13.6. The summed E-state index contributed by atoms with van der Waals surface area (Å²) in [5, 5.41) is 11.7. The van der Waals surface area contributed by atoms with E-state index in [0.717, 1.165) is 42.6 Å². The molecule has 1 aromatic heterocycles. The number of alkyl halides is 1. The highest BCUT2D eigenvalue weighted by Gasteiger charge is 2.54. The number of quaternary nitrogens is 1. The Morgan fingerprint density at radius 1 is 1.03 bits per heavy atom. The van der Waals surface area contributed by atoms with Gasteiger partial charge in [0.25, 0.3) is 0 Å². The minimum atomic E-state index is -1.03. The molecule has 2 aromatic rings. The molecule has 4 heterocycles. The Kier molecular flexibility index (Phi) is 7.17. The molecule has 1 aliphatic carbocycles. The van der Waals surface area contributed by atoms with Crippen LogP contribution in [-0.2, 0) is 10.3 Å². The van der Waals surface area contributed by atoms with Crippen LogP contribution in [0.25, 0.3) is 0 Å². The van der Waals surface area contributed by atoms with Crippen LogP contribution in [-0.4, -0.2) is 53.5 Å². The maximum absolute atomic E-state index is 11.7. The summed E-state index contributed by atoms with van der Waals surface area (Å²) in [4.78, 5) is 0.256. The lowest BCUT2D eigenvalue weighted by Gasteiger charge is -2.56. The maximum atomic E-state index is 11.7. The molecule has 2 bridgehead atoms. The Balaban J connectivity index is 1.21. The number of furan rings is 1. The zero-order valence-electron chi connectivity index (χ0n) is 19.4. The molecule has 1 saturated carbocycles. The van der Waals surface area contributed by atoms with E-state index in [9.17, 15) is 5.11 Å². The zero-order chi connectivity index (χ0) is 22.7. The van der Waals surface area contributed by atoms with Gasteiger partial charge in [-0.1, -0.05) is 31.0 Å². The van der Waals surface area contributed by atoms with E-state index in [1.807, 2.05) is 42.5 Å². The number of hydrogen-bond donors (Lipinski definition) is 1. The number of fused-ring (bicyclic) bond motifs is 3. The standard InChI is InChI=1S/C27H37BrNO4/c28-26-25(33-20-27(30,22-8-4-5-9-22)24-12-6-18-32-24)21-13-16-29(26,17-14-21)15-7-19-31-23-10-2-1-3-11-23/h1-3,6,10-12,18,21-22,25-26,30H,4-5,7-9,13-17,19-20H2/q+1/t21?,25-,26+,27?,29?/m1/s1. The molecule has 3 aliphatic heterocycles.